The first-order valence-electron chi connectivity index (χ1n) is 6.34. The maximum Gasteiger partial charge on any atom is 0.338 e. The summed E-state index contributed by atoms with van der Waals surface area (Å²) in [5, 5.41) is 12.0. The number of aryl methyl sites for hydroxylation is 1. The Morgan fingerprint density at radius 1 is 1.25 bits per heavy atom. The predicted octanol–water partition coefficient (Wildman–Crippen LogP) is 4.01. The Labute approximate surface area is 117 Å². The lowest BCUT2D eigenvalue weighted by Gasteiger charge is -2.18. The third kappa shape index (κ3) is 2.96. The third-order valence-corrected chi connectivity index (χ3v) is 3.24. The van der Waals surface area contributed by atoms with E-state index in [1.54, 1.807) is 6.07 Å². The molecule has 0 saturated heterocycles. The first kappa shape index (κ1) is 14.1. The average molecular weight is 273 g/mol. The number of hydrogen-bond acceptors (Lipinski definition) is 2. The molecule has 2 rings (SSSR count). The van der Waals surface area contributed by atoms with Crippen LogP contribution in [0.25, 0.3) is 0 Å². The van der Waals surface area contributed by atoms with E-state index < -0.39 is 11.8 Å². The Bertz CT molecular complexity index is 640. The Hall–Kier alpha value is -2.36. The van der Waals surface area contributed by atoms with Gasteiger partial charge in [-0.25, -0.2) is 9.18 Å². The van der Waals surface area contributed by atoms with Crippen LogP contribution in [-0.2, 0) is 0 Å². The topological polar surface area (TPSA) is 49.3 Å². The van der Waals surface area contributed by atoms with E-state index in [1.807, 2.05) is 38.1 Å². The quantitative estimate of drug-likeness (QED) is 0.885. The highest BCUT2D eigenvalue weighted by molar-refractivity contribution is 5.88. The van der Waals surface area contributed by atoms with Gasteiger partial charge in [0.15, 0.2) is 0 Å². The van der Waals surface area contributed by atoms with Crippen molar-refractivity contribution < 1.29 is 14.3 Å². The summed E-state index contributed by atoms with van der Waals surface area (Å²) in [4.78, 5) is 10.8. The normalized spacial score (nSPS) is 11.9. The van der Waals surface area contributed by atoms with Crippen molar-refractivity contribution in [3.8, 4) is 0 Å². The highest BCUT2D eigenvalue weighted by Crippen LogP contribution is 2.23. The molecule has 0 aliphatic rings. The molecule has 1 unspecified atom stereocenters. The molecule has 0 aliphatic heterocycles. The number of nitrogens with one attached hydrogen (secondary N) is 1. The molecular weight excluding hydrogens is 257 g/mol. The monoisotopic (exact) mass is 273 g/mol. The van der Waals surface area contributed by atoms with Crippen LogP contribution in [0.4, 0.5) is 10.1 Å². The molecule has 2 aromatic carbocycles. The van der Waals surface area contributed by atoms with Gasteiger partial charge in [0.1, 0.15) is 5.82 Å². The molecule has 4 heteroatoms. The van der Waals surface area contributed by atoms with Gasteiger partial charge >= 0.3 is 5.97 Å². The van der Waals surface area contributed by atoms with Crippen molar-refractivity contribution in [1.29, 1.82) is 0 Å². The molecule has 0 aliphatic carbocycles. The summed E-state index contributed by atoms with van der Waals surface area (Å²) >= 11 is 0. The fourth-order valence-corrected chi connectivity index (χ4v) is 2.18. The second kappa shape index (κ2) is 5.74. The minimum Gasteiger partial charge on any atom is -0.478 e. The molecule has 0 saturated carbocycles. The van der Waals surface area contributed by atoms with E-state index in [1.165, 1.54) is 12.1 Å². The number of hydrogen-bond donors (Lipinski definition) is 2. The van der Waals surface area contributed by atoms with Crippen LogP contribution in [0.1, 0.15) is 34.5 Å². The van der Waals surface area contributed by atoms with Crippen LogP contribution in [-0.4, -0.2) is 11.1 Å². The molecule has 0 heterocycles. The number of halogens is 1. The van der Waals surface area contributed by atoms with E-state index in [2.05, 4.69) is 5.32 Å². The van der Waals surface area contributed by atoms with Crippen molar-refractivity contribution in [3.05, 3.63) is 65.0 Å². The smallest absolute Gasteiger partial charge is 0.338 e. The summed E-state index contributed by atoms with van der Waals surface area (Å²) in [6.45, 7) is 3.99. The first-order valence-corrected chi connectivity index (χ1v) is 6.34. The largest absolute Gasteiger partial charge is 0.478 e. The Kier molecular flexibility index (Phi) is 4.03. The molecule has 0 radical (unpaired) electrons. The molecule has 2 N–H and O–H groups in total. The molecule has 1 atom stereocenters. The second-order valence-electron chi connectivity index (χ2n) is 4.72. The lowest BCUT2D eigenvalue weighted by atomic mass is 10.0. The van der Waals surface area contributed by atoms with Crippen LogP contribution < -0.4 is 5.32 Å². The van der Waals surface area contributed by atoms with E-state index in [0.29, 0.717) is 5.69 Å². The zero-order valence-corrected chi connectivity index (χ0v) is 11.4. The van der Waals surface area contributed by atoms with Crippen molar-refractivity contribution >= 4 is 11.7 Å². The SMILES string of the molecule is Cc1ccccc1C(C)Nc1ccc(C(=O)O)c(F)c1. The van der Waals surface area contributed by atoms with Crippen LogP contribution >= 0.6 is 0 Å². The van der Waals surface area contributed by atoms with Crippen molar-refractivity contribution in [3.63, 3.8) is 0 Å². The van der Waals surface area contributed by atoms with Gasteiger partial charge in [-0.1, -0.05) is 24.3 Å². The van der Waals surface area contributed by atoms with Gasteiger partial charge in [-0.15, -0.1) is 0 Å². The fraction of sp³-hybridized carbons (Fsp3) is 0.188. The van der Waals surface area contributed by atoms with E-state index in [4.69, 9.17) is 5.11 Å². The van der Waals surface area contributed by atoms with Crippen LogP contribution in [0.3, 0.4) is 0 Å². The highest BCUT2D eigenvalue weighted by atomic mass is 19.1. The van der Waals surface area contributed by atoms with Gasteiger partial charge in [-0.05, 0) is 43.2 Å². The van der Waals surface area contributed by atoms with Crippen LogP contribution in [0, 0.1) is 12.7 Å². The van der Waals surface area contributed by atoms with Gasteiger partial charge in [0.2, 0.25) is 0 Å². The molecule has 0 fully saturated rings. The van der Waals surface area contributed by atoms with E-state index >= 15 is 0 Å². The van der Waals surface area contributed by atoms with Crippen molar-refractivity contribution in [2.75, 3.05) is 5.32 Å². The van der Waals surface area contributed by atoms with Crippen LogP contribution in [0.15, 0.2) is 42.5 Å². The number of carboxylic acids is 1. The van der Waals surface area contributed by atoms with E-state index in [0.717, 1.165) is 11.1 Å². The summed E-state index contributed by atoms with van der Waals surface area (Å²) in [7, 11) is 0. The van der Waals surface area contributed by atoms with Crippen molar-refractivity contribution in [1.82, 2.24) is 0 Å². The summed E-state index contributed by atoms with van der Waals surface area (Å²) in [6, 6.07) is 12.0. The minimum absolute atomic E-state index is 0.00581. The summed E-state index contributed by atoms with van der Waals surface area (Å²) in [5.41, 5.74) is 2.51. The molecule has 104 valence electrons. The highest BCUT2D eigenvalue weighted by Gasteiger charge is 2.12. The van der Waals surface area contributed by atoms with Gasteiger partial charge in [0.05, 0.1) is 5.56 Å². The first-order chi connectivity index (χ1) is 9.49. The lowest BCUT2D eigenvalue weighted by molar-refractivity contribution is 0.0692. The number of carboxylic acid groups (broad SMARTS) is 1. The van der Waals surface area contributed by atoms with Gasteiger partial charge in [-0.2, -0.15) is 0 Å². The standard InChI is InChI=1S/C16H16FNO2/c1-10-5-3-4-6-13(10)11(2)18-12-7-8-14(16(19)20)15(17)9-12/h3-9,11,18H,1-2H3,(H,19,20). The van der Waals surface area contributed by atoms with Crippen molar-refractivity contribution in [2.24, 2.45) is 0 Å². The molecule has 0 amide bonds. The molecule has 0 bridgehead atoms. The van der Waals surface area contributed by atoms with Crippen LogP contribution in [0.5, 0.6) is 0 Å². The fourth-order valence-electron chi connectivity index (χ4n) is 2.18. The van der Waals surface area contributed by atoms with Gasteiger partial charge in [-0.3, -0.25) is 0 Å². The molecule has 3 nitrogen and oxygen atoms in total. The number of rotatable bonds is 4. The Morgan fingerprint density at radius 3 is 2.55 bits per heavy atom. The van der Waals surface area contributed by atoms with E-state index in [9.17, 15) is 9.18 Å². The number of anilines is 1. The summed E-state index contributed by atoms with van der Waals surface area (Å²) in [5.74, 6) is -2.00. The third-order valence-electron chi connectivity index (χ3n) is 3.24. The zero-order valence-electron chi connectivity index (χ0n) is 11.4. The maximum atomic E-state index is 13.6. The predicted molar refractivity (Wildman–Crippen MR) is 76.6 cm³/mol. The molecule has 0 spiro atoms. The van der Waals surface area contributed by atoms with Crippen molar-refractivity contribution in [2.45, 2.75) is 19.9 Å². The molecule has 0 aromatic heterocycles. The molecule has 20 heavy (non-hydrogen) atoms. The minimum atomic E-state index is -1.26. The Balaban J connectivity index is 2.20. The Morgan fingerprint density at radius 2 is 1.95 bits per heavy atom. The number of carbonyl (C=O) groups is 1. The summed E-state index contributed by atoms with van der Waals surface area (Å²) < 4.78 is 13.6. The second-order valence-corrected chi connectivity index (χ2v) is 4.72. The molecular formula is C16H16FNO2. The molecule has 2 aromatic rings. The number of aromatic carboxylic acids is 1. The van der Waals surface area contributed by atoms with E-state index in [-0.39, 0.29) is 11.6 Å². The zero-order chi connectivity index (χ0) is 14.7. The summed E-state index contributed by atoms with van der Waals surface area (Å²) in [6.07, 6.45) is 0. The van der Waals surface area contributed by atoms with Gasteiger partial charge in [0.25, 0.3) is 0 Å². The lowest BCUT2D eigenvalue weighted by Crippen LogP contribution is -2.09. The van der Waals surface area contributed by atoms with Crippen LogP contribution in [0.2, 0.25) is 0 Å². The maximum absolute atomic E-state index is 13.6. The number of benzene rings is 2. The van der Waals surface area contributed by atoms with Gasteiger partial charge in [0, 0.05) is 11.7 Å². The van der Waals surface area contributed by atoms with Gasteiger partial charge < -0.3 is 10.4 Å². The average Bonchev–Trinajstić information content (AvgIpc) is 2.38.